The minimum atomic E-state index is -3.08. The third kappa shape index (κ3) is 2.59. The highest BCUT2D eigenvalue weighted by atomic mass is 32.2. The van der Waals surface area contributed by atoms with Gasteiger partial charge in [-0.05, 0) is 18.6 Å². The topological polar surface area (TPSA) is 37.4 Å². The van der Waals surface area contributed by atoms with Crippen molar-refractivity contribution in [2.75, 3.05) is 18.6 Å². The quantitative estimate of drug-likeness (QED) is 0.770. The van der Waals surface area contributed by atoms with Crippen molar-refractivity contribution in [1.29, 1.82) is 0 Å². The van der Waals surface area contributed by atoms with E-state index in [-0.39, 0.29) is 0 Å². The number of hydrogen-bond donors (Lipinski definition) is 0. The number of nitrogens with zero attached hydrogens (tertiary/aromatic N) is 1. The molecule has 0 N–H and O–H groups in total. The molecule has 0 saturated heterocycles. The summed E-state index contributed by atoms with van der Waals surface area (Å²) in [5, 5.41) is 0. The first-order valence-electron chi connectivity index (χ1n) is 5.14. The third-order valence-electron chi connectivity index (χ3n) is 2.63. The van der Waals surface area contributed by atoms with Gasteiger partial charge in [0.05, 0.1) is 6.26 Å². The molecule has 0 saturated carbocycles. The number of thioether (sulfide) groups is 1. The van der Waals surface area contributed by atoms with Crippen molar-refractivity contribution in [3.05, 3.63) is 29.3 Å². The zero-order valence-electron chi connectivity index (χ0n) is 9.43. The molecule has 0 atom stereocenters. The SMILES string of the molecule is Cc1ccc2c(c1)CN(S(C)(=O)=O)CCS2. The first-order chi connectivity index (χ1) is 7.47. The summed E-state index contributed by atoms with van der Waals surface area (Å²) in [6.45, 7) is 3.13. The van der Waals surface area contributed by atoms with Crippen LogP contribution in [0.1, 0.15) is 11.1 Å². The molecule has 3 nitrogen and oxygen atoms in total. The van der Waals surface area contributed by atoms with Gasteiger partial charge in [0.1, 0.15) is 0 Å². The zero-order valence-corrected chi connectivity index (χ0v) is 11.1. The van der Waals surface area contributed by atoms with Crippen molar-refractivity contribution >= 4 is 21.8 Å². The van der Waals surface area contributed by atoms with E-state index in [9.17, 15) is 8.42 Å². The molecule has 0 aromatic heterocycles. The van der Waals surface area contributed by atoms with Gasteiger partial charge in [-0.15, -0.1) is 11.8 Å². The second kappa shape index (κ2) is 4.39. The van der Waals surface area contributed by atoms with Crippen LogP contribution in [-0.4, -0.2) is 31.3 Å². The average Bonchev–Trinajstić information content (AvgIpc) is 2.38. The van der Waals surface area contributed by atoms with E-state index in [2.05, 4.69) is 18.2 Å². The van der Waals surface area contributed by atoms with Gasteiger partial charge in [-0.25, -0.2) is 8.42 Å². The molecule has 5 heteroatoms. The molecule has 2 rings (SSSR count). The highest BCUT2D eigenvalue weighted by Crippen LogP contribution is 2.28. The monoisotopic (exact) mass is 257 g/mol. The molecule has 1 heterocycles. The second-order valence-corrected chi connectivity index (χ2v) is 7.18. The number of sulfonamides is 1. The molecule has 1 aromatic rings. The number of hydrogen-bond acceptors (Lipinski definition) is 3. The van der Waals surface area contributed by atoms with E-state index in [1.807, 2.05) is 6.92 Å². The van der Waals surface area contributed by atoms with Crippen molar-refractivity contribution in [3.63, 3.8) is 0 Å². The van der Waals surface area contributed by atoms with Crippen LogP contribution in [0.3, 0.4) is 0 Å². The summed E-state index contributed by atoms with van der Waals surface area (Å²) in [6.07, 6.45) is 1.28. The summed E-state index contributed by atoms with van der Waals surface area (Å²) in [5.74, 6) is 0.823. The largest absolute Gasteiger partial charge is 0.212 e. The molecular weight excluding hydrogens is 242 g/mol. The normalized spacial score (nSPS) is 17.9. The van der Waals surface area contributed by atoms with Crippen molar-refractivity contribution in [2.24, 2.45) is 0 Å². The average molecular weight is 257 g/mol. The standard InChI is InChI=1S/C11H15NO2S2/c1-9-3-4-11-10(7-9)8-12(5-6-15-11)16(2,13)14/h3-4,7H,5-6,8H2,1-2H3. The maximum atomic E-state index is 11.6. The molecule has 0 fully saturated rings. The van der Waals surface area contributed by atoms with Gasteiger partial charge in [0, 0.05) is 23.7 Å². The van der Waals surface area contributed by atoms with Crippen LogP contribution in [0.25, 0.3) is 0 Å². The highest BCUT2D eigenvalue weighted by molar-refractivity contribution is 7.99. The third-order valence-corrected chi connectivity index (χ3v) is 4.98. The summed E-state index contributed by atoms with van der Waals surface area (Å²) < 4.78 is 24.6. The van der Waals surface area contributed by atoms with Crippen molar-refractivity contribution < 1.29 is 8.42 Å². The lowest BCUT2D eigenvalue weighted by Gasteiger charge is -2.17. The van der Waals surface area contributed by atoms with Crippen molar-refractivity contribution in [1.82, 2.24) is 4.31 Å². The van der Waals surface area contributed by atoms with Gasteiger partial charge >= 0.3 is 0 Å². The minimum Gasteiger partial charge on any atom is -0.212 e. The highest BCUT2D eigenvalue weighted by Gasteiger charge is 2.21. The van der Waals surface area contributed by atoms with E-state index >= 15 is 0 Å². The minimum absolute atomic E-state index is 0.503. The van der Waals surface area contributed by atoms with Crippen molar-refractivity contribution in [2.45, 2.75) is 18.4 Å². The van der Waals surface area contributed by atoms with Crippen LogP contribution < -0.4 is 0 Å². The Morgan fingerprint density at radius 1 is 1.38 bits per heavy atom. The van der Waals surface area contributed by atoms with Crippen LogP contribution in [-0.2, 0) is 16.6 Å². The van der Waals surface area contributed by atoms with Crippen LogP contribution in [0, 0.1) is 6.92 Å². The second-order valence-electron chi connectivity index (χ2n) is 4.06. The lowest BCUT2D eigenvalue weighted by atomic mass is 10.1. The van der Waals surface area contributed by atoms with E-state index in [1.54, 1.807) is 16.1 Å². The molecule has 1 aromatic carbocycles. The lowest BCUT2D eigenvalue weighted by Crippen LogP contribution is -2.30. The maximum Gasteiger partial charge on any atom is 0.211 e. The number of rotatable bonds is 1. The molecule has 1 aliphatic heterocycles. The smallest absolute Gasteiger partial charge is 0.211 e. The Hall–Kier alpha value is -0.520. The number of benzene rings is 1. The summed E-state index contributed by atoms with van der Waals surface area (Å²) in [6, 6.07) is 6.23. The van der Waals surface area contributed by atoms with Gasteiger partial charge in [-0.2, -0.15) is 4.31 Å². The Kier molecular flexibility index (Phi) is 3.28. The predicted molar refractivity (Wildman–Crippen MR) is 67.2 cm³/mol. The molecule has 0 amide bonds. The molecular formula is C11H15NO2S2. The molecule has 0 unspecified atom stereocenters. The summed E-state index contributed by atoms with van der Waals surface area (Å²) in [7, 11) is -3.08. The Bertz CT molecular complexity index is 497. The molecule has 1 aliphatic rings. The fourth-order valence-corrected chi connectivity index (χ4v) is 3.70. The number of fused-ring (bicyclic) bond motifs is 1. The van der Waals surface area contributed by atoms with Gasteiger partial charge < -0.3 is 0 Å². The Labute approximate surface area is 101 Å². The fourth-order valence-electron chi connectivity index (χ4n) is 1.78. The summed E-state index contributed by atoms with van der Waals surface area (Å²) in [5.41, 5.74) is 2.29. The molecule has 0 spiro atoms. The van der Waals surface area contributed by atoms with Crippen LogP contribution >= 0.6 is 11.8 Å². The Morgan fingerprint density at radius 2 is 2.12 bits per heavy atom. The first kappa shape index (κ1) is 12.0. The van der Waals surface area contributed by atoms with E-state index < -0.39 is 10.0 Å². The van der Waals surface area contributed by atoms with Crippen molar-refractivity contribution in [3.8, 4) is 0 Å². The lowest BCUT2D eigenvalue weighted by molar-refractivity contribution is 0.430. The summed E-state index contributed by atoms with van der Waals surface area (Å²) in [4.78, 5) is 1.21. The Balaban J connectivity index is 2.37. The van der Waals surface area contributed by atoms with Gasteiger partial charge in [-0.3, -0.25) is 0 Å². The zero-order chi connectivity index (χ0) is 11.8. The molecule has 88 valence electrons. The van der Waals surface area contributed by atoms with Gasteiger partial charge in [0.15, 0.2) is 0 Å². The fraction of sp³-hybridized carbons (Fsp3) is 0.455. The van der Waals surface area contributed by atoms with Crippen LogP contribution in [0.15, 0.2) is 23.1 Å². The van der Waals surface area contributed by atoms with Gasteiger partial charge in [0.25, 0.3) is 0 Å². The van der Waals surface area contributed by atoms with E-state index in [1.165, 1.54) is 16.7 Å². The van der Waals surface area contributed by atoms with Gasteiger partial charge in [-0.1, -0.05) is 17.7 Å². The predicted octanol–water partition coefficient (Wildman–Crippen LogP) is 1.86. The molecule has 16 heavy (non-hydrogen) atoms. The molecule has 0 aliphatic carbocycles. The molecule has 0 radical (unpaired) electrons. The van der Waals surface area contributed by atoms with E-state index in [4.69, 9.17) is 0 Å². The van der Waals surface area contributed by atoms with E-state index in [0.717, 1.165) is 11.3 Å². The first-order valence-corrected chi connectivity index (χ1v) is 7.97. The summed E-state index contributed by atoms with van der Waals surface area (Å²) >= 11 is 1.73. The molecule has 0 bridgehead atoms. The van der Waals surface area contributed by atoms with Gasteiger partial charge in [0.2, 0.25) is 10.0 Å². The van der Waals surface area contributed by atoms with Crippen LogP contribution in [0.5, 0.6) is 0 Å². The van der Waals surface area contributed by atoms with Crippen LogP contribution in [0.2, 0.25) is 0 Å². The number of aryl methyl sites for hydroxylation is 1. The van der Waals surface area contributed by atoms with Crippen LogP contribution in [0.4, 0.5) is 0 Å². The maximum absolute atomic E-state index is 11.6. The Morgan fingerprint density at radius 3 is 2.81 bits per heavy atom. The van der Waals surface area contributed by atoms with E-state index in [0.29, 0.717) is 13.1 Å².